The Labute approximate surface area is 161 Å². The molecule has 4 nitrogen and oxygen atoms in total. The number of nitrogens with two attached hydrogens (primary N) is 1. The number of aromatic nitrogens is 2. The van der Waals surface area contributed by atoms with Crippen molar-refractivity contribution in [2.45, 2.75) is 13.8 Å². The van der Waals surface area contributed by atoms with Gasteiger partial charge in [0.15, 0.2) is 0 Å². The highest BCUT2D eigenvalue weighted by Crippen LogP contribution is 2.24. The average molecular weight is 386 g/mol. The largest absolute Gasteiger partial charge is 0.508 e. The number of anilines is 1. The fraction of sp³-hybridized carbons (Fsp3) is 0.100. The number of hydrogen-bond acceptors (Lipinski definition) is 4. The molecule has 0 saturated carbocycles. The van der Waals surface area contributed by atoms with Crippen molar-refractivity contribution < 1.29 is 5.11 Å². The molecule has 0 saturated heterocycles. The first kappa shape index (κ1) is 18.2. The van der Waals surface area contributed by atoms with Gasteiger partial charge in [0.1, 0.15) is 5.75 Å². The third kappa shape index (κ3) is 3.98. The van der Waals surface area contributed by atoms with Crippen molar-refractivity contribution in [2.75, 3.05) is 5.73 Å². The number of benzene rings is 2. The molecule has 0 fully saturated rings. The molecule has 26 heavy (non-hydrogen) atoms. The van der Waals surface area contributed by atoms with E-state index in [0.717, 1.165) is 38.6 Å². The van der Waals surface area contributed by atoms with E-state index >= 15 is 0 Å². The van der Waals surface area contributed by atoms with Crippen molar-refractivity contribution in [3.05, 3.63) is 70.0 Å². The van der Waals surface area contributed by atoms with Gasteiger partial charge in [-0.15, -0.1) is 0 Å². The van der Waals surface area contributed by atoms with Crippen LogP contribution < -0.4 is 5.73 Å². The van der Waals surface area contributed by atoms with Crippen molar-refractivity contribution in [1.82, 2.24) is 9.97 Å². The molecule has 0 aliphatic heterocycles. The standard InChI is InChI=1S/C10H9ClN2.C10H8ClNO/c1-6-2-9(12)4-7-3-8(11)5-13-10(6)7;1-6-2-9(13)4-7-3-8(11)5-12-10(6)7/h2-5H,12H2,1H3;2-5,13H,1H3. The third-order valence-corrected chi connectivity index (χ3v) is 4.30. The van der Waals surface area contributed by atoms with Gasteiger partial charge in [-0.25, -0.2) is 0 Å². The Morgan fingerprint density at radius 1 is 0.769 bits per heavy atom. The summed E-state index contributed by atoms with van der Waals surface area (Å²) in [5.41, 5.74) is 10.3. The van der Waals surface area contributed by atoms with Gasteiger partial charge in [0.05, 0.1) is 21.1 Å². The molecule has 0 aliphatic carbocycles. The monoisotopic (exact) mass is 385 g/mol. The molecule has 4 rings (SSSR count). The summed E-state index contributed by atoms with van der Waals surface area (Å²) < 4.78 is 0. The normalized spacial score (nSPS) is 10.6. The van der Waals surface area contributed by atoms with Crippen molar-refractivity contribution >= 4 is 50.7 Å². The molecule has 0 aliphatic rings. The minimum atomic E-state index is 0.245. The van der Waals surface area contributed by atoms with Crippen molar-refractivity contribution in [2.24, 2.45) is 0 Å². The van der Waals surface area contributed by atoms with Gasteiger partial charge in [0.2, 0.25) is 0 Å². The number of fused-ring (bicyclic) bond motifs is 2. The summed E-state index contributed by atoms with van der Waals surface area (Å²) in [5.74, 6) is 0.245. The zero-order valence-electron chi connectivity index (χ0n) is 14.3. The highest BCUT2D eigenvalue weighted by molar-refractivity contribution is 6.31. The lowest BCUT2D eigenvalue weighted by atomic mass is 10.1. The molecule has 0 amide bonds. The van der Waals surface area contributed by atoms with Gasteiger partial charge in [-0.1, -0.05) is 23.2 Å². The van der Waals surface area contributed by atoms with Crippen molar-refractivity contribution in [1.29, 1.82) is 0 Å². The quantitative estimate of drug-likeness (QED) is 0.381. The summed E-state index contributed by atoms with van der Waals surface area (Å²) in [7, 11) is 0. The Hall–Kier alpha value is -2.56. The van der Waals surface area contributed by atoms with E-state index in [-0.39, 0.29) is 5.75 Å². The summed E-state index contributed by atoms with van der Waals surface area (Å²) in [4.78, 5) is 8.41. The minimum absolute atomic E-state index is 0.245. The van der Waals surface area contributed by atoms with Crippen LogP contribution in [0.4, 0.5) is 5.69 Å². The number of aryl methyl sites for hydroxylation is 2. The second kappa shape index (κ2) is 7.36. The number of rotatable bonds is 0. The van der Waals surface area contributed by atoms with E-state index in [1.54, 1.807) is 30.6 Å². The fourth-order valence-corrected chi connectivity index (χ4v) is 3.15. The van der Waals surface area contributed by atoms with Crippen LogP contribution in [0.1, 0.15) is 11.1 Å². The van der Waals surface area contributed by atoms with Crippen LogP contribution in [-0.2, 0) is 0 Å². The van der Waals surface area contributed by atoms with Crippen LogP contribution in [0, 0.1) is 13.8 Å². The maximum atomic E-state index is 9.33. The molecular weight excluding hydrogens is 369 g/mol. The number of phenols is 1. The minimum Gasteiger partial charge on any atom is -0.508 e. The molecule has 0 atom stereocenters. The van der Waals surface area contributed by atoms with E-state index in [1.165, 1.54) is 0 Å². The molecular formula is C20H17Cl2N3O. The van der Waals surface area contributed by atoms with Crippen LogP contribution in [0.5, 0.6) is 5.75 Å². The fourth-order valence-electron chi connectivity index (χ4n) is 2.82. The Morgan fingerprint density at radius 3 is 1.85 bits per heavy atom. The van der Waals surface area contributed by atoms with Gasteiger partial charge in [0.25, 0.3) is 0 Å². The maximum absolute atomic E-state index is 9.33. The lowest BCUT2D eigenvalue weighted by Gasteiger charge is -2.02. The third-order valence-electron chi connectivity index (χ3n) is 3.89. The first-order valence-corrected chi connectivity index (χ1v) is 8.65. The van der Waals surface area contributed by atoms with E-state index in [9.17, 15) is 5.11 Å². The number of nitrogens with zero attached hydrogens (tertiary/aromatic N) is 2. The molecule has 0 radical (unpaired) electrons. The van der Waals surface area contributed by atoms with Crippen LogP contribution in [0.15, 0.2) is 48.8 Å². The number of halogens is 2. The smallest absolute Gasteiger partial charge is 0.116 e. The molecule has 0 unspecified atom stereocenters. The van der Waals surface area contributed by atoms with Gasteiger partial charge < -0.3 is 10.8 Å². The molecule has 3 N–H and O–H groups in total. The van der Waals surface area contributed by atoms with Crippen LogP contribution in [0.3, 0.4) is 0 Å². The van der Waals surface area contributed by atoms with Crippen LogP contribution in [0.2, 0.25) is 10.0 Å². The van der Waals surface area contributed by atoms with E-state index < -0.39 is 0 Å². The van der Waals surface area contributed by atoms with Gasteiger partial charge >= 0.3 is 0 Å². The predicted octanol–water partition coefficient (Wildman–Crippen LogP) is 5.68. The van der Waals surface area contributed by atoms with Gasteiger partial charge in [-0.2, -0.15) is 0 Å². The first-order chi connectivity index (χ1) is 12.3. The van der Waals surface area contributed by atoms with E-state index in [1.807, 2.05) is 32.0 Å². The molecule has 4 aromatic rings. The van der Waals surface area contributed by atoms with Gasteiger partial charge in [-0.05, 0) is 61.4 Å². The molecule has 6 heteroatoms. The summed E-state index contributed by atoms with van der Waals surface area (Å²) in [6, 6.07) is 10.8. The highest BCUT2D eigenvalue weighted by Gasteiger charge is 2.02. The van der Waals surface area contributed by atoms with Crippen LogP contribution in [-0.4, -0.2) is 15.1 Å². The Balaban J connectivity index is 0.000000151. The van der Waals surface area contributed by atoms with E-state index in [2.05, 4.69) is 9.97 Å². The number of pyridine rings is 2. The summed E-state index contributed by atoms with van der Waals surface area (Å²) in [5, 5.41) is 12.4. The number of nitrogen functional groups attached to an aromatic ring is 1. The number of hydrogen-bond donors (Lipinski definition) is 2. The molecule has 0 bridgehead atoms. The molecule has 0 spiro atoms. The first-order valence-electron chi connectivity index (χ1n) is 7.90. The van der Waals surface area contributed by atoms with Crippen molar-refractivity contribution in [3.63, 3.8) is 0 Å². The summed E-state index contributed by atoms with van der Waals surface area (Å²) in [6.45, 7) is 3.89. The predicted molar refractivity (Wildman–Crippen MR) is 109 cm³/mol. The second-order valence-electron chi connectivity index (χ2n) is 6.05. The highest BCUT2D eigenvalue weighted by atomic mass is 35.5. The summed E-state index contributed by atoms with van der Waals surface area (Å²) in [6.07, 6.45) is 3.25. The zero-order valence-corrected chi connectivity index (χ0v) is 15.8. The summed E-state index contributed by atoms with van der Waals surface area (Å²) >= 11 is 11.6. The van der Waals surface area contributed by atoms with Crippen LogP contribution >= 0.6 is 23.2 Å². The Bertz CT molecular complexity index is 1010. The SMILES string of the molecule is Cc1cc(N)cc2cc(Cl)cnc12.Cc1cc(O)cc2cc(Cl)cnc12. The lowest BCUT2D eigenvalue weighted by Crippen LogP contribution is -1.89. The van der Waals surface area contributed by atoms with Gasteiger partial charge in [-0.3, -0.25) is 9.97 Å². The lowest BCUT2D eigenvalue weighted by molar-refractivity contribution is 0.476. The van der Waals surface area contributed by atoms with Gasteiger partial charge in [0, 0.05) is 28.9 Å². The number of phenolic OH excluding ortho intramolecular Hbond substituents is 1. The van der Waals surface area contributed by atoms with Crippen LogP contribution in [0.25, 0.3) is 21.8 Å². The average Bonchev–Trinajstić information content (AvgIpc) is 2.54. The second-order valence-corrected chi connectivity index (χ2v) is 6.92. The molecule has 132 valence electrons. The molecule has 2 aromatic carbocycles. The van der Waals surface area contributed by atoms with Crippen molar-refractivity contribution in [3.8, 4) is 5.75 Å². The molecule has 2 heterocycles. The zero-order chi connectivity index (χ0) is 18.8. The number of aromatic hydroxyl groups is 1. The Morgan fingerprint density at radius 2 is 1.27 bits per heavy atom. The maximum Gasteiger partial charge on any atom is 0.116 e. The Kier molecular flexibility index (Phi) is 5.16. The van der Waals surface area contributed by atoms with E-state index in [0.29, 0.717) is 10.0 Å². The van der Waals surface area contributed by atoms with E-state index in [4.69, 9.17) is 28.9 Å². The topological polar surface area (TPSA) is 72.0 Å². The molecule has 2 aromatic heterocycles.